The number of rotatable bonds is 8. The quantitative estimate of drug-likeness (QED) is 0.324. The highest BCUT2D eigenvalue weighted by atomic mass is 35.5. The van der Waals surface area contributed by atoms with Gasteiger partial charge in [0, 0.05) is 34.7 Å². The summed E-state index contributed by atoms with van der Waals surface area (Å²) < 4.78 is 65.2. The number of alkyl halides is 2. The molecule has 0 spiro atoms. The number of carbonyl (C=O) groups is 1. The van der Waals surface area contributed by atoms with Crippen LogP contribution < -0.4 is 10.0 Å². The Kier molecular flexibility index (Phi) is 7.96. The molecule has 1 aromatic carbocycles. The van der Waals surface area contributed by atoms with Gasteiger partial charge < -0.3 is 15.2 Å². The maximum Gasteiger partial charge on any atom is 0.335 e. The minimum atomic E-state index is -4.00. The van der Waals surface area contributed by atoms with Crippen LogP contribution in [-0.4, -0.2) is 61.2 Å². The number of anilines is 1. The van der Waals surface area contributed by atoms with Gasteiger partial charge in [-0.2, -0.15) is 21.9 Å². The number of aryl methyl sites for hydroxylation is 1. The number of halogens is 3. The molecule has 214 valence electrons. The molecular weight excluding hydrogens is 590 g/mol. The van der Waals surface area contributed by atoms with E-state index >= 15 is 0 Å². The van der Waals surface area contributed by atoms with Crippen molar-refractivity contribution in [2.45, 2.75) is 50.0 Å². The van der Waals surface area contributed by atoms with Gasteiger partial charge in [-0.1, -0.05) is 17.7 Å². The highest BCUT2D eigenvalue weighted by molar-refractivity contribution is 7.84. The predicted molar refractivity (Wildman–Crippen MR) is 143 cm³/mol. The van der Waals surface area contributed by atoms with Crippen LogP contribution in [0.3, 0.4) is 0 Å². The summed E-state index contributed by atoms with van der Waals surface area (Å²) in [5.41, 5.74) is 0.795. The summed E-state index contributed by atoms with van der Waals surface area (Å²) in [6, 6.07) is 5.34. The van der Waals surface area contributed by atoms with Crippen LogP contribution in [0.1, 0.15) is 55.7 Å². The molecule has 3 heterocycles. The molecule has 3 N–H and O–H groups in total. The molecule has 3 aromatic rings. The van der Waals surface area contributed by atoms with Crippen LogP contribution in [0.15, 0.2) is 36.8 Å². The second-order valence-electron chi connectivity index (χ2n) is 9.54. The Labute approximate surface area is 238 Å². The first-order valence-electron chi connectivity index (χ1n) is 12.2. The summed E-state index contributed by atoms with van der Waals surface area (Å²) in [6.45, 7) is 0.968. The molecule has 10 nitrogen and oxygen atoms in total. The number of fused-ring (bicyclic) bond motifs is 1. The number of aromatic nitrogens is 2. The molecule has 0 radical (unpaired) electrons. The molecular formula is C25H25ClF2N4O6S2. The molecule has 1 fully saturated rings. The third-order valence-electron chi connectivity index (χ3n) is 6.85. The lowest BCUT2D eigenvalue weighted by molar-refractivity contribution is -0.115. The number of benzene rings is 1. The van der Waals surface area contributed by atoms with Crippen LogP contribution >= 0.6 is 22.9 Å². The fourth-order valence-electron chi connectivity index (χ4n) is 4.91. The van der Waals surface area contributed by atoms with Gasteiger partial charge in [-0.25, -0.2) is 9.97 Å². The van der Waals surface area contributed by atoms with Crippen LogP contribution in [0.5, 0.6) is 0 Å². The maximum absolute atomic E-state index is 14.5. The van der Waals surface area contributed by atoms with Gasteiger partial charge in [0.05, 0.1) is 16.5 Å². The lowest BCUT2D eigenvalue weighted by Crippen LogP contribution is -2.31. The van der Waals surface area contributed by atoms with Crippen LogP contribution in [0.2, 0.25) is 5.02 Å². The minimum Gasteiger partial charge on any atom is -0.390 e. The maximum atomic E-state index is 14.5. The second-order valence-corrected chi connectivity index (χ2v) is 12.7. The normalized spacial score (nSPS) is 24.1. The van der Waals surface area contributed by atoms with Crippen molar-refractivity contribution in [1.29, 1.82) is 0 Å². The Morgan fingerprint density at radius 3 is 2.80 bits per heavy atom. The summed E-state index contributed by atoms with van der Waals surface area (Å²) in [5.74, 6) is -3.37. The fraction of sp³-hybridized carbons (Fsp3) is 0.400. The highest BCUT2D eigenvalue weighted by Gasteiger charge is 2.43. The van der Waals surface area contributed by atoms with E-state index in [0.717, 1.165) is 0 Å². The SMILES string of the molecule is CNS(=O)(=O)O[C@@H]1C[C@H](Nc2ncncc2C(=O)c2cc([C@H]3OCC(F)(F)c4ccc(Cl)cc43)c(C)s2)C[C@@H]1O. The first-order chi connectivity index (χ1) is 18.9. The molecule has 1 aliphatic carbocycles. The van der Waals surface area contributed by atoms with E-state index in [1.807, 2.05) is 4.72 Å². The zero-order chi connectivity index (χ0) is 28.8. The molecule has 2 aromatic heterocycles. The number of nitrogens with zero attached hydrogens (tertiary/aromatic N) is 2. The van der Waals surface area contributed by atoms with Crippen molar-refractivity contribution in [2.24, 2.45) is 0 Å². The summed E-state index contributed by atoms with van der Waals surface area (Å²) in [5, 5.41) is 13.7. The zero-order valence-corrected chi connectivity index (χ0v) is 23.6. The van der Waals surface area contributed by atoms with E-state index in [9.17, 15) is 27.1 Å². The van der Waals surface area contributed by atoms with E-state index in [-0.39, 0.29) is 35.3 Å². The summed E-state index contributed by atoms with van der Waals surface area (Å²) in [7, 11) is -2.80. The van der Waals surface area contributed by atoms with Crippen LogP contribution in [-0.2, 0) is 25.1 Å². The Bertz CT molecular complexity index is 1550. The van der Waals surface area contributed by atoms with Crippen LogP contribution in [0.4, 0.5) is 14.6 Å². The second kappa shape index (κ2) is 11.0. The molecule has 1 aliphatic heterocycles. The van der Waals surface area contributed by atoms with Gasteiger partial charge in [0.1, 0.15) is 31.0 Å². The third-order valence-corrected chi connectivity index (χ3v) is 9.15. The molecule has 0 unspecified atom stereocenters. The number of ether oxygens (including phenoxy) is 1. The average molecular weight is 615 g/mol. The highest BCUT2D eigenvalue weighted by Crippen LogP contribution is 2.46. The molecule has 0 amide bonds. The largest absolute Gasteiger partial charge is 0.390 e. The Hall–Kier alpha value is -2.59. The lowest BCUT2D eigenvalue weighted by Gasteiger charge is -2.32. The Morgan fingerprint density at radius 1 is 1.27 bits per heavy atom. The Balaban J connectivity index is 1.39. The van der Waals surface area contributed by atoms with Gasteiger partial charge in [-0.3, -0.25) is 8.98 Å². The van der Waals surface area contributed by atoms with Crippen molar-refractivity contribution in [2.75, 3.05) is 19.0 Å². The molecule has 1 saturated carbocycles. The average Bonchev–Trinajstić information content (AvgIpc) is 3.45. The number of aliphatic hydroxyl groups excluding tert-OH is 1. The number of aliphatic hydroxyl groups is 1. The topological polar surface area (TPSA) is 140 Å². The van der Waals surface area contributed by atoms with Gasteiger partial charge in [-0.15, -0.1) is 11.3 Å². The van der Waals surface area contributed by atoms with Gasteiger partial charge in [0.25, 0.3) is 5.92 Å². The van der Waals surface area contributed by atoms with Gasteiger partial charge >= 0.3 is 10.3 Å². The molecule has 4 atom stereocenters. The van der Waals surface area contributed by atoms with Crippen molar-refractivity contribution in [3.05, 3.63) is 73.8 Å². The molecule has 15 heteroatoms. The minimum absolute atomic E-state index is 0.146. The molecule has 0 bridgehead atoms. The number of nitrogens with one attached hydrogen (secondary N) is 2. The van der Waals surface area contributed by atoms with Gasteiger partial charge in [-0.05, 0) is 49.1 Å². The van der Waals surface area contributed by atoms with E-state index in [2.05, 4.69) is 15.3 Å². The van der Waals surface area contributed by atoms with Crippen molar-refractivity contribution in [3.8, 4) is 0 Å². The standard InChI is InChI=1S/C25H25ClF2N4O6S2/c1-12-15(23-16-5-13(26)3-4-18(16)25(27,28)10-37-23)8-21(39-12)22(34)17-9-30-11-31-24(17)32-14-6-19(33)20(7-14)38-40(35,36)29-2/h3-5,8-9,11,14,19-20,23,29,33H,6-7,10H2,1-2H3,(H,30,31,32)/t14-,19+,20-,23-/m1/s1. The third kappa shape index (κ3) is 5.75. The number of carbonyl (C=O) groups excluding carboxylic acids is 1. The van der Waals surface area contributed by atoms with Crippen LogP contribution in [0, 0.1) is 6.92 Å². The monoisotopic (exact) mass is 614 g/mol. The van der Waals surface area contributed by atoms with E-state index in [4.69, 9.17) is 20.5 Å². The molecule has 2 aliphatic rings. The number of hydrogen-bond acceptors (Lipinski definition) is 10. The van der Waals surface area contributed by atoms with E-state index < -0.39 is 53.0 Å². The van der Waals surface area contributed by atoms with Crippen molar-refractivity contribution in [3.63, 3.8) is 0 Å². The van der Waals surface area contributed by atoms with Gasteiger partial charge in [0.2, 0.25) is 5.78 Å². The number of thiophene rings is 1. The van der Waals surface area contributed by atoms with E-state index in [1.54, 1.807) is 13.0 Å². The van der Waals surface area contributed by atoms with Gasteiger partial charge in [0.15, 0.2) is 0 Å². The van der Waals surface area contributed by atoms with Crippen molar-refractivity contribution < 1.29 is 36.0 Å². The summed E-state index contributed by atoms with van der Waals surface area (Å²) in [4.78, 5) is 22.8. The number of ketones is 1. The molecule has 0 saturated heterocycles. The molecule has 40 heavy (non-hydrogen) atoms. The van der Waals surface area contributed by atoms with Crippen molar-refractivity contribution in [1.82, 2.24) is 14.7 Å². The van der Waals surface area contributed by atoms with Crippen LogP contribution in [0.25, 0.3) is 0 Å². The summed E-state index contributed by atoms with van der Waals surface area (Å²) in [6.07, 6.45) is 0.0567. The van der Waals surface area contributed by atoms with Crippen molar-refractivity contribution >= 4 is 44.8 Å². The first kappa shape index (κ1) is 28.9. The fourth-order valence-corrected chi connectivity index (χ4v) is 6.72. The van der Waals surface area contributed by atoms with E-state index in [1.165, 1.54) is 49.1 Å². The first-order valence-corrected chi connectivity index (χ1v) is 14.8. The molecule has 5 rings (SSSR count). The van der Waals surface area contributed by atoms with E-state index in [0.29, 0.717) is 20.3 Å². The summed E-state index contributed by atoms with van der Waals surface area (Å²) >= 11 is 7.30. The smallest absolute Gasteiger partial charge is 0.335 e. The Morgan fingerprint density at radius 2 is 2.05 bits per heavy atom. The zero-order valence-electron chi connectivity index (χ0n) is 21.2. The number of hydrogen-bond donors (Lipinski definition) is 3. The lowest BCUT2D eigenvalue weighted by atomic mass is 9.91. The predicted octanol–water partition coefficient (Wildman–Crippen LogP) is 3.73.